The van der Waals surface area contributed by atoms with Crippen molar-refractivity contribution in [1.82, 2.24) is 9.88 Å². The van der Waals surface area contributed by atoms with Crippen molar-refractivity contribution in [3.05, 3.63) is 54.4 Å². The van der Waals surface area contributed by atoms with Gasteiger partial charge in [0.1, 0.15) is 17.1 Å². The standard InChI is InChI=1S/C21H24N2O5/c1-14-12-23(13-15(2)26-14)20(24)16(3)27-21(25)18-8-4-5-9-19(18)28-17-7-6-10-22-11-17/h4-11,14-16H,12-13H2,1-3H3. The van der Waals surface area contributed by atoms with Crippen LogP contribution in [0.4, 0.5) is 0 Å². The molecule has 0 aliphatic carbocycles. The lowest BCUT2D eigenvalue weighted by molar-refractivity contribution is -0.151. The average Bonchev–Trinajstić information content (AvgIpc) is 2.67. The predicted octanol–water partition coefficient (Wildman–Crippen LogP) is 3.06. The molecule has 0 radical (unpaired) electrons. The molecule has 1 saturated heterocycles. The number of hydrogen-bond donors (Lipinski definition) is 0. The lowest BCUT2D eigenvalue weighted by atomic mass is 10.2. The smallest absolute Gasteiger partial charge is 0.342 e. The number of amides is 1. The molecule has 1 amide bonds. The quantitative estimate of drug-likeness (QED) is 0.738. The molecule has 0 spiro atoms. The van der Waals surface area contributed by atoms with Crippen LogP contribution in [-0.2, 0) is 14.3 Å². The number of nitrogens with zero attached hydrogens (tertiary/aromatic N) is 2. The molecule has 148 valence electrons. The van der Waals surface area contributed by atoms with Gasteiger partial charge in [-0.1, -0.05) is 12.1 Å². The Hall–Kier alpha value is -2.93. The van der Waals surface area contributed by atoms with Crippen LogP contribution in [0.2, 0.25) is 0 Å². The summed E-state index contributed by atoms with van der Waals surface area (Å²) in [6, 6.07) is 10.2. The van der Waals surface area contributed by atoms with Crippen molar-refractivity contribution in [3.63, 3.8) is 0 Å². The third kappa shape index (κ3) is 4.86. The van der Waals surface area contributed by atoms with Crippen LogP contribution in [0.15, 0.2) is 48.8 Å². The number of carbonyl (C=O) groups excluding carboxylic acids is 2. The zero-order chi connectivity index (χ0) is 20.1. The highest BCUT2D eigenvalue weighted by Gasteiger charge is 2.31. The molecule has 0 bridgehead atoms. The van der Waals surface area contributed by atoms with Crippen molar-refractivity contribution in [2.24, 2.45) is 0 Å². The minimum Gasteiger partial charge on any atom is -0.455 e. The molecule has 2 heterocycles. The minimum atomic E-state index is -0.906. The first kappa shape index (κ1) is 19.8. The van der Waals surface area contributed by atoms with E-state index in [9.17, 15) is 9.59 Å². The Morgan fingerprint density at radius 3 is 2.54 bits per heavy atom. The molecule has 1 aromatic heterocycles. The van der Waals surface area contributed by atoms with Crippen LogP contribution in [0.25, 0.3) is 0 Å². The molecule has 3 unspecified atom stereocenters. The number of benzene rings is 1. The Balaban J connectivity index is 1.68. The van der Waals surface area contributed by atoms with Gasteiger partial charge in [0.05, 0.1) is 18.4 Å². The summed E-state index contributed by atoms with van der Waals surface area (Å²) in [6.45, 7) is 6.37. The zero-order valence-corrected chi connectivity index (χ0v) is 16.2. The SMILES string of the molecule is CC1CN(C(=O)C(C)OC(=O)c2ccccc2Oc2cccnc2)CC(C)O1. The summed E-state index contributed by atoms with van der Waals surface area (Å²) in [6.07, 6.45) is 2.17. The van der Waals surface area contributed by atoms with Crippen molar-refractivity contribution in [2.75, 3.05) is 13.1 Å². The van der Waals surface area contributed by atoms with Gasteiger partial charge < -0.3 is 19.1 Å². The first-order valence-corrected chi connectivity index (χ1v) is 9.26. The third-order valence-corrected chi connectivity index (χ3v) is 4.33. The molecular weight excluding hydrogens is 360 g/mol. The van der Waals surface area contributed by atoms with Gasteiger partial charge in [-0.15, -0.1) is 0 Å². The first-order chi connectivity index (χ1) is 13.4. The van der Waals surface area contributed by atoms with Crippen LogP contribution >= 0.6 is 0 Å². The number of morpholine rings is 1. The Morgan fingerprint density at radius 2 is 1.86 bits per heavy atom. The summed E-state index contributed by atoms with van der Waals surface area (Å²) < 4.78 is 16.8. The molecule has 7 heteroatoms. The summed E-state index contributed by atoms with van der Waals surface area (Å²) >= 11 is 0. The Bertz CT molecular complexity index is 817. The van der Waals surface area contributed by atoms with Crippen molar-refractivity contribution in [2.45, 2.75) is 39.1 Å². The van der Waals surface area contributed by atoms with E-state index < -0.39 is 12.1 Å². The van der Waals surface area contributed by atoms with Crippen LogP contribution in [0.3, 0.4) is 0 Å². The van der Waals surface area contributed by atoms with Crippen molar-refractivity contribution in [1.29, 1.82) is 0 Å². The van der Waals surface area contributed by atoms with Crippen LogP contribution in [-0.4, -0.2) is 53.2 Å². The summed E-state index contributed by atoms with van der Waals surface area (Å²) in [5.74, 6) is -0.00682. The summed E-state index contributed by atoms with van der Waals surface area (Å²) in [5, 5.41) is 0. The number of carbonyl (C=O) groups is 2. The number of rotatable bonds is 5. The average molecular weight is 384 g/mol. The van der Waals surface area contributed by atoms with Gasteiger partial charge in [0.2, 0.25) is 0 Å². The van der Waals surface area contributed by atoms with E-state index in [1.165, 1.54) is 0 Å². The number of para-hydroxylation sites is 1. The van der Waals surface area contributed by atoms with Crippen molar-refractivity contribution in [3.8, 4) is 11.5 Å². The fourth-order valence-electron chi connectivity index (χ4n) is 3.15. The first-order valence-electron chi connectivity index (χ1n) is 9.26. The highest BCUT2D eigenvalue weighted by molar-refractivity contribution is 5.94. The summed E-state index contributed by atoms with van der Waals surface area (Å²) in [4.78, 5) is 31.0. The maximum atomic E-state index is 12.7. The van der Waals surface area contributed by atoms with Crippen molar-refractivity contribution < 1.29 is 23.8 Å². The fourth-order valence-corrected chi connectivity index (χ4v) is 3.15. The molecule has 2 aromatic rings. The van der Waals surface area contributed by atoms with Gasteiger partial charge in [0.25, 0.3) is 5.91 Å². The molecule has 1 aliphatic rings. The number of ether oxygens (including phenoxy) is 3. The summed E-state index contributed by atoms with van der Waals surface area (Å²) in [7, 11) is 0. The van der Waals surface area contributed by atoms with Gasteiger partial charge >= 0.3 is 5.97 Å². The molecule has 7 nitrogen and oxygen atoms in total. The number of hydrogen-bond acceptors (Lipinski definition) is 6. The maximum absolute atomic E-state index is 12.7. The van der Waals surface area contributed by atoms with Crippen molar-refractivity contribution >= 4 is 11.9 Å². The van der Waals surface area contributed by atoms with E-state index in [2.05, 4.69) is 4.98 Å². The van der Waals surface area contributed by atoms with Gasteiger partial charge in [-0.05, 0) is 45.0 Å². The Morgan fingerprint density at radius 1 is 1.14 bits per heavy atom. The van der Waals surface area contributed by atoms with E-state index in [4.69, 9.17) is 14.2 Å². The normalized spacial score (nSPS) is 20.3. The van der Waals surface area contributed by atoms with Gasteiger partial charge in [0, 0.05) is 19.3 Å². The Labute approximate surface area is 164 Å². The second-order valence-corrected chi connectivity index (χ2v) is 6.84. The number of aromatic nitrogens is 1. The van der Waals surface area contributed by atoms with Gasteiger partial charge in [-0.25, -0.2) is 4.79 Å². The summed E-state index contributed by atoms with van der Waals surface area (Å²) in [5.41, 5.74) is 0.245. The molecule has 3 atom stereocenters. The van der Waals surface area contributed by atoms with Crippen LogP contribution in [0, 0.1) is 0 Å². The highest BCUT2D eigenvalue weighted by atomic mass is 16.6. The molecule has 1 aromatic carbocycles. The second-order valence-electron chi connectivity index (χ2n) is 6.84. The molecular formula is C21H24N2O5. The fraction of sp³-hybridized carbons (Fsp3) is 0.381. The lowest BCUT2D eigenvalue weighted by Crippen LogP contribution is -2.51. The number of esters is 1. The van der Waals surface area contributed by atoms with Crippen LogP contribution in [0.1, 0.15) is 31.1 Å². The van der Waals surface area contributed by atoms with Crippen LogP contribution in [0.5, 0.6) is 11.5 Å². The maximum Gasteiger partial charge on any atom is 0.342 e. The molecule has 0 saturated carbocycles. The Kier molecular flexibility index (Phi) is 6.26. The van der Waals surface area contributed by atoms with E-state index in [0.29, 0.717) is 24.6 Å². The lowest BCUT2D eigenvalue weighted by Gasteiger charge is -2.36. The topological polar surface area (TPSA) is 78.0 Å². The zero-order valence-electron chi connectivity index (χ0n) is 16.2. The van der Waals surface area contributed by atoms with E-state index in [1.807, 2.05) is 13.8 Å². The monoisotopic (exact) mass is 384 g/mol. The number of pyridine rings is 1. The van der Waals surface area contributed by atoms with E-state index in [0.717, 1.165) is 0 Å². The molecule has 0 N–H and O–H groups in total. The van der Waals surface area contributed by atoms with E-state index >= 15 is 0 Å². The second kappa shape index (κ2) is 8.84. The van der Waals surface area contributed by atoms with Crippen LogP contribution < -0.4 is 4.74 Å². The molecule has 28 heavy (non-hydrogen) atoms. The molecule has 1 fully saturated rings. The highest BCUT2D eigenvalue weighted by Crippen LogP contribution is 2.25. The van der Waals surface area contributed by atoms with E-state index in [-0.39, 0.29) is 23.7 Å². The van der Waals surface area contributed by atoms with Gasteiger partial charge in [0.15, 0.2) is 6.10 Å². The van der Waals surface area contributed by atoms with Gasteiger partial charge in [-0.3, -0.25) is 9.78 Å². The molecule has 3 rings (SSSR count). The van der Waals surface area contributed by atoms with E-state index in [1.54, 1.807) is 60.6 Å². The minimum absolute atomic E-state index is 0.0517. The molecule has 1 aliphatic heterocycles. The third-order valence-electron chi connectivity index (χ3n) is 4.33. The van der Waals surface area contributed by atoms with Gasteiger partial charge in [-0.2, -0.15) is 0 Å². The predicted molar refractivity (Wildman–Crippen MR) is 102 cm³/mol. The largest absolute Gasteiger partial charge is 0.455 e.